The zero-order chi connectivity index (χ0) is 19.4. The number of hydrogen-bond donors (Lipinski definition) is 1. The fourth-order valence-corrected chi connectivity index (χ4v) is 5.68. The molecule has 3 aromatic heterocycles. The molecular weight excluding hydrogens is 378 g/mol. The summed E-state index contributed by atoms with van der Waals surface area (Å²) in [5, 5.41) is 8.77. The monoisotopic (exact) mass is 401 g/mol. The molecule has 4 nitrogen and oxygen atoms in total. The number of hydrogen-bond acceptors (Lipinski definition) is 3. The van der Waals surface area contributed by atoms with Gasteiger partial charge in [-0.1, -0.05) is 12.1 Å². The normalized spacial score (nSPS) is 23.7. The van der Waals surface area contributed by atoms with Gasteiger partial charge < -0.3 is 14.6 Å². The van der Waals surface area contributed by atoms with Gasteiger partial charge in [0.05, 0.1) is 11.1 Å². The average molecular weight is 402 g/mol. The smallest absolute Gasteiger partial charge is 0.253 e. The van der Waals surface area contributed by atoms with Gasteiger partial charge in [0, 0.05) is 24.3 Å². The minimum Gasteiger partial charge on any atom is -0.348 e. The highest BCUT2D eigenvalue weighted by atomic mass is 32.1. The van der Waals surface area contributed by atoms with Crippen LogP contribution in [-0.2, 0) is 0 Å². The lowest BCUT2D eigenvalue weighted by Gasteiger charge is -2.44. The molecule has 0 saturated carbocycles. The molecular formula is C24H23N3OS. The molecule has 7 rings (SSSR count). The molecule has 5 heteroatoms. The highest BCUT2D eigenvalue weighted by Crippen LogP contribution is 2.29. The third-order valence-corrected chi connectivity index (χ3v) is 7.34. The highest BCUT2D eigenvalue weighted by molar-refractivity contribution is 7.08. The van der Waals surface area contributed by atoms with E-state index in [0.717, 1.165) is 23.1 Å². The molecule has 1 N–H and O–H groups in total. The van der Waals surface area contributed by atoms with Crippen molar-refractivity contribution in [3.05, 3.63) is 65.0 Å². The molecule has 3 saturated heterocycles. The zero-order valence-corrected chi connectivity index (χ0v) is 17.0. The van der Waals surface area contributed by atoms with E-state index in [4.69, 9.17) is 0 Å². The van der Waals surface area contributed by atoms with Crippen molar-refractivity contribution in [2.24, 2.45) is 5.92 Å². The van der Waals surface area contributed by atoms with Gasteiger partial charge in [-0.15, -0.1) is 0 Å². The number of pyridine rings is 1. The summed E-state index contributed by atoms with van der Waals surface area (Å²) in [5.41, 5.74) is 5.41. The maximum absolute atomic E-state index is 13.0. The Morgan fingerprint density at radius 1 is 1.03 bits per heavy atom. The van der Waals surface area contributed by atoms with E-state index >= 15 is 0 Å². The largest absolute Gasteiger partial charge is 0.348 e. The van der Waals surface area contributed by atoms with Gasteiger partial charge in [-0.2, -0.15) is 11.3 Å². The van der Waals surface area contributed by atoms with Crippen LogP contribution in [-0.4, -0.2) is 40.9 Å². The summed E-state index contributed by atoms with van der Waals surface area (Å²) in [6.45, 7) is 3.37. The number of carbonyl (C=O) groups is 1. The van der Waals surface area contributed by atoms with Gasteiger partial charge in [0.15, 0.2) is 0 Å². The summed E-state index contributed by atoms with van der Waals surface area (Å²) in [4.78, 5) is 15.4. The number of thiophene rings is 1. The summed E-state index contributed by atoms with van der Waals surface area (Å²) in [6, 6.07) is 15.2. The third kappa shape index (κ3) is 2.96. The number of amides is 1. The van der Waals surface area contributed by atoms with Crippen LogP contribution < -0.4 is 5.32 Å². The van der Waals surface area contributed by atoms with Gasteiger partial charge in [-0.25, -0.2) is 0 Å². The van der Waals surface area contributed by atoms with E-state index in [9.17, 15) is 4.79 Å². The highest BCUT2D eigenvalue weighted by Gasteiger charge is 2.35. The molecule has 4 aromatic rings. The molecule has 29 heavy (non-hydrogen) atoms. The Hall–Kier alpha value is -2.63. The van der Waals surface area contributed by atoms with Gasteiger partial charge in [0.2, 0.25) is 0 Å². The second kappa shape index (κ2) is 6.71. The number of fused-ring (bicyclic) bond motifs is 6. The van der Waals surface area contributed by atoms with E-state index in [1.54, 1.807) is 11.3 Å². The molecule has 146 valence electrons. The summed E-state index contributed by atoms with van der Waals surface area (Å²) >= 11 is 1.71. The Kier molecular flexibility index (Phi) is 3.99. The van der Waals surface area contributed by atoms with Crippen molar-refractivity contribution in [3.8, 4) is 11.1 Å². The van der Waals surface area contributed by atoms with Crippen LogP contribution >= 0.6 is 11.3 Å². The topological polar surface area (TPSA) is 36.8 Å². The molecule has 1 atom stereocenters. The first-order valence-corrected chi connectivity index (χ1v) is 11.3. The number of aromatic nitrogens is 1. The van der Waals surface area contributed by atoms with Crippen molar-refractivity contribution in [3.63, 3.8) is 0 Å². The second-order valence-corrected chi connectivity index (χ2v) is 9.14. The van der Waals surface area contributed by atoms with Crippen molar-refractivity contribution in [1.82, 2.24) is 14.6 Å². The predicted octanol–water partition coefficient (Wildman–Crippen LogP) is 4.65. The quantitative estimate of drug-likeness (QED) is 0.543. The van der Waals surface area contributed by atoms with Crippen molar-refractivity contribution >= 4 is 33.7 Å². The van der Waals surface area contributed by atoms with Crippen LogP contribution in [0.2, 0.25) is 0 Å². The predicted molar refractivity (Wildman–Crippen MR) is 119 cm³/mol. The molecule has 3 aliphatic rings. The first-order chi connectivity index (χ1) is 14.2. The molecule has 0 aliphatic carbocycles. The zero-order valence-electron chi connectivity index (χ0n) is 16.2. The van der Waals surface area contributed by atoms with Gasteiger partial charge >= 0.3 is 0 Å². The molecule has 0 unspecified atom stereocenters. The number of nitrogens with zero attached hydrogens (tertiary/aromatic N) is 2. The van der Waals surface area contributed by atoms with E-state index in [1.807, 2.05) is 12.3 Å². The van der Waals surface area contributed by atoms with Crippen molar-refractivity contribution in [2.45, 2.75) is 18.9 Å². The van der Waals surface area contributed by atoms with Crippen LogP contribution in [0.3, 0.4) is 0 Å². The van der Waals surface area contributed by atoms with Crippen LogP contribution in [0.15, 0.2) is 59.4 Å². The van der Waals surface area contributed by atoms with E-state index < -0.39 is 0 Å². The minimum atomic E-state index is 0.0514. The lowest BCUT2D eigenvalue weighted by Crippen LogP contribution is -2.57. The lowest BCUT2D eigenvalue weighted by atomic mass is 9.84. The van der Waals surface area contributed by atoms with Gasteiger partial charge in [0.1, 0.15) is 0 Å². The maximum Gasteiger partial charge on any atom is 0.253 e. The molecule has 2 bridgehead atoms. The molecule has 3 aliphatic heterocycles. The Morgan fingerprint density at radius 2 is 1.93 bits per heavy atom. The van der Waals surface area contributed by atoms with E-state index in [0.29, 0.717) is 5.92 Å². The van der Waals surface area contributed by atoms with Crippen LogP contribution in [0.1, 0.15) is 23.2 Å². The number of carbonyl (C=O) groups excluding carboxylic acids is 1. The number of benzene rings is 1. The van der Waals surface area contributed by atoms with Crippen LogP contribution in [0.4, 0.5) is 0 Å². The minimum absolute atomic E-state index is 0.0514. The molecule has 6 heterocycles. The summed E-state index contributed by atoms with van der Waals surface area (Å²) < 4.78 is 2.14. The number of nitrogens with one attached hydrogen (secondary N) is 1. The van der Waals surface area contributed by atoms with Gasteiger partial charge in [-0.05, 0) is 89.5 Å². The fraction of sp³-hybridized carbons (Fsp3) is 0.292. The maximum atomic E-state index is 13.0. The Morgan fingerprint density at radius 3 is 2.69 bits per heavy atom. The van der Waals surface area contributed by atoms with Gasteiger partial charge in [-0.3, -0.25) is 4.79 Å². The van der Waals surface area contributed by atoms with Crippen LogP contribution in [0.25, 0.3) is 27.5 Å². The summed E-state index contributed by atoms with van der Waals surface area (Å²) in [6.07, 6.45) is 4.40. The van der Waals surface area contributed by atoms with E-state index in [2.05, 4.69) is 61.8 Å². The van der Waals surface area contributed by atoms with Crippen LogP contribution in [0.5, 0.6) is 0 Å². The van der Waals surface area contributed by atoms with Gasteiger partial charge in [0.25, 0.3) is 5.91 Å². The number of rotatable bonds is 3. The molecule has 1 amide bonds. The Labute approximate surface area is 173 Å². The van der Waals surface area contributed by atoms with Crippen LogP contribution in [0, 0.1) is 5.92 Å². The second-order valence-electron chi connectivity index (χ2n) is 8.36. The van der Waals surface area contributed by atoms with Crippen molar-refractivity contribution in [2.75, 3.05) is 19.6 Å². The average Bonchev–Trinajstić information content (AvgIpc) is 3.44. The summed E-state index contributed by atoms with van der Waals surface area (Å²) in [7, 11) is 0. The third-order valence-electron chi connectivity index (χ3n) is 6.66. The van der Waals surface area contributed by atoms with Crippen molar-refractivity contribution < 1.29 is 4.79 Å². The molecule has 0 radical (unpaired) electrons. The summed E-state index contributed by atoms with van der Waals surface area (Å²) in [5.74, 6) is 0.688. The van der Waals surface area contributed by atoms with Crippen molar-refractivity contribution in [1.29, 1.82) is 0 Å². The standard InChI is InChI=1S/C24H23N3OS/c28-24(25-22-14-26-8-5-16(22)6-9-26)20-12-21-3-1-18-11-17(19-7-10-29-15-19)2-4-23(18)27(21)13-20/h1-4,7,10-13,15-16,22H,5-6,8-9,14H2,(H,25,28)/t22-/m0/s1. The first kappa shape index (κ1) is 17.2. The molecule has 3 fully saturated rings. The van der Waals surface area contributed by atoms with E-state index in [1.165, 1.54) is 42.4 Å². The number of piperidine rings is 3. The fourth-order valence-electron chi connectivity index (χ4n) is 5.01. The molecule has 1 aromatic carbocycles. The van der Waals surface area contributed by atoms with E-state index in [-0.39, 0.29) is 11.9 Å². The Balaban J connectivity index is 1.32. The molecule has 0 spiro atoms. The lowest BCUT2D eigenvalue weighted by molar-refractivity contribution is 0.0620. The Bertz CT molecular complexity index is 1200. The SMILES string of the molecule is O=C(N[C@H]1CN2CCC1CC2)c1cc2ccc3cc(-c4ccsc4)ccc3n2c1. The first-order valence-electron chi connectivity index (χ1n) is 10.4.